The van der Waals surface area contributed by atoms with Crippen LogP contribution in [-0.4, -0.2) is 36.0 Å². The molecule has 33 heavy (non-hydrogen) atoms. The van der Waals surface area contributed by atoms with E-state index in [1.807, 2.05) is 24.3 Å². The Morgan fingerprint density at radius 1 is 0.970 bits per heavy atom. The third-order valence-electron chi connectivity index (χ3n) is 5.07. The van der Waals surface area contributed by atoms with E-state index in [0.29, 0.717) is 41.8 Å². The van der Waals surface area contributed by atoms with Crippen molar-refractivity contribution in [1.29, 1.82) is 0 Å². The number of nitrogens with zero attached hydrogens (tertiary/aromatic N) is 1. The van der Waals surface area contributed by atoms with E-state index in [1.54, 1.807) is 36.5 Å². The van der Waals surface area contributed by atoms with Gasteiger partial charge in [0.2, 0.25) is 11.8 Å². The molecular weight excluding hydrogens is 422 g/mol. The maximum absolute atomic E-state index is 12.9. The van der Waals surface area contributed by atoms with E-state index in [4.69, 9.17) is 5.73 Å². The molecule has 1 atom stereocenters. The topological polar surface area (TPSA) is 135 Å². The predicted molar refractivity (Wildman–Crippen MR) is 128 cm³/mol. The number of nitrogens with one attached hydrogen (secondary N) is 3. The maximum Gasteiger partial charge on any atom is 0.407 e. The average Bonchev–Trinajstić information content (AvgIpc) is 2.82. The van der Waals surface area contributed by atoms with Crippen LogP contribution in [0.5, 0.6) is 0 Å². The summed E-state index contributed by atoms with van der Waals surface area (Å²) in [6.45, 7) is 0. The number of benzene rings is 2. The highest BCUT2D eigenvalue weighted by atomic mass is 16.5. The molecule has 1 unspecified atom stereocenters. The molecule has 0 aliphatic rings. The molecule has 0 fully saturated rings. The molecule has 3 rings (SSSR count). The van der Waals surface area contributed by atoms with E-state index in [2.05, 4.69) is 25.7 Å². The van der Waals surface area contributed by atoms with Gasteiger partial charge >= 0.3 is 6.09 Å². The summed E-state index contributed by atoms with van der Waals surface area (Å²) in [6, 6.07) is 15.4. The second-order valence-corrected chi connectivity index (χ2v) is 7.44. The van der Waals surface area contributed by atoms with Gasteiger partial charge in [0.15, 0.2) is 0 Å². The molecule has 0 spiro atoms. The summed E-state index contributed by atoms with van der Waals surface area (Å²) in [5.74, 6) is -0.559. The van der Waals surface area contributed by atoms with Crippen LogP contribution in [0.25, 0.3) is 10.9 Å². The molecule has 0 aliphatic carbocycles. The van der Waals surface area contributed by atoms with Gasteiger partial charge in [-0.2, -0.15) is 0 Å². The van der Waals surface area contributed by atoms with Crippen molar-refractivity contribution in [3.63, 3.8) is 0 Å². The number of aromatic nitrogens is 1. The Labute approximate surface area is 191 Å². The molecule has 0 bridgehead atoms. The van der Waals surface area contributed by atoms with Crippen LogP contribution in [0.15, 0.2) is 60.8 Å². The maximum atomic E-state index is 12.9. The first-order valence-electron chi connectivity index (χ1n) is 10.6. The van der Waals surface area contributed by atoms with Crippen LogP contribution in [0.2, 0.25) is 0 Å². The lowest BCUT2D eigenvalue weighted by atomic mass is 10.1. The van der Waals surface area contributed by atoms with Gasteiger partial charge in [0.25, 0.3) is 0 Å². The Balaban J connectivity index is 1.56. The number of unbranched alkanes of at least 4 members (excludes halogenated alkanes) is 1. The molecule has 9 heteroatoms. The highest BCUT2D eigenvalue weighted by Crippen LogP contribution is 2.21. The third kappa shape index (κ3) is 6.67. The standard InChI is InChI=1S/C24H27N5O4/c1-33-24(32)29-20(12-4-5-14-21(30)27-18-11-3-2-10-17(18)25)23(31)28-19-13-6-8-16-9-7-15-26-22(16)19/h2-3,6-11,13,15,20H,4-5,12,14,25H2,1H3,(H,27,30)(H,28,31)(H,29,32). The van der Waals surface area contributed by atoms with Crippen molar-refractivity contribution in [2.45, 2.75) is 31.7 Å². The minimum absolute atomic E-state index is 0.170. The molecular formula is C24H27N5O4. The average molecular weight is 450 g/mol. The number of ether oxygens (including phenoxy) is 1. The number of hydrogen-bond donors (Lipinski definition) is 4. The van der Waals surface area contributed by atoms with E-state index in [0.717, 1.165) is 5.39 Å². The number of amides is 3. The molecule has 1 heterocycles. The largest absolute Gasteiger partial charge is 0.453 e. The number of nitrogen functional groups attached to an aromatic ring is 1. The molecule has 0 saturated carbocycles. The van der Waals surface area contributed by atoms with Crippen LogP contribution in [0.1, 0.15) is 25.7 Å². The van der Waals surface area contributed by atoms with Gasteiger partial charge in [-0.1, -0.05) is 36.8 Å². The Kier molecular flexibility index (Phi) is 8.18. The fraction of sp³-hybridized carbons (Fsp3) is 0.250. The Bertz CT molecular complexity index is 1130. The van der Waals surface area contributed by atoms with Crippen molar-refractivity contribution >= 4 is 45.9 Å². The smallest absolute Gasteiger partial charge is 0.407 e. The van der Waals surface area contributed by atoms with Crippen LogP contribution in [-0.2, 0) is 14.3 Å². The lowest BCUT2D eigenvalue weighted by Crippen LogP contribution is -2.43. The van der Waals surface area contributed by atoms with Crippen LogP contribution < -0.4 is 21.7 Å². The Morgan fingerprint density at radius 2 is 1.73 bits per heavy atom. The lowest BCUT2D eigenvalue weighted by molar-refractivity contribution is -0.118. The summed E-state index contributed by atoms with van der Waals surface area (Å²) in [5.41, 5.74) is 8.10. The highest BCUT2D eigenvalue weighted by Gasteiger charge is 2.22. The first-order chi connectivity index (χ1) is 16.0. The van der Waals surface area contributed by atoms with Crippen LogP contribution in [0.3, 0.4) is 0 Å². The van der Waals surface area contributed by atoms with E-state index < -0.39 is 12.1 Å². The van der Waals surface area contributed by atoms with Crippen molar-refractivity contribution in [3.8, 4) is 0 Å². The van der Waals surface area contributed by atoms with Gasteiger partial charge in [0, 0.05) is 18.0 Å². The quantitative estimate of drug-likeness (QED) is 0.291. The van der Waals surface area contributed by atoms with Crippen molar-refractivity contribution in [2.24, 2.45) is 0 Å². The molecule has 0 aliphatic heterocycles. The number of anilines is 3. The summed E-state index contributed by atoms with van der Waals surface area (Å²) >= 11 is 0. The number of alkyl carbamates (subject to hydrolysis) is 1. The fourth-order valence-electron chi connectivity index (χ4n) is 3.35. The Morgan fingerprint density at radius 3 is 2.52 bits per heavy atom. The number of para-hydroxylation sites is 3. The highest BCUT2D eigenvalue weighted by molar-refractivity contribution is 6.03. The summed E-state index contributed by atoms with van der Waals surface area (Å²) in [4.78, 5) is 41.2. The van der Waals surface area contributed by atoms with Crippen molar-refractivity contribution in [1.82, 2.24) is 10.3 Å². The molecule has 3 aromatic rings. The Hall–Kier alpha value is -4.14. The molecule has 172 valence electrons. The fourth-order valence-corrected chi connectivity index (χ4v) is 3.35. The van der Waals surface area contributed by atoms with Gasteiger partial charge < -0.3 is 26.4 Å². The first-order valence-corrected chi connectivity index (χ1v) is 10.6. The van der Waals surface area contributed by atoms with Crippen LogP contribution >= 0.6 is 0 Å². The number of hydrogen-bond acceptors (Lipinski definition) is 6. The summed E-state index contributed by atoms with van der Waals surface area (Å²) in [6.07, 6.45) is 2.60. The zero-order valence-electron chi connectivity index (χ0n) is 18.3. The minimum Gasteiger partial charge on any atom is -0.453 e. The minimum atomic E-state index is -0.829. The number of carbonyl (C=O) groups is 3. The number of carbonyl (C=O) groups excluding carboxylic acids is 3. The number of rotatable bonds is 9. The third-order valence-corrected chi connectivity index (χ3v) is 5.07. The van der Waals surface area contributed by atoms with Gasteiger partial charge in [-0.05, 0) is 37.1 Å². The molecule has 0 radical (unpaired) electrons. The zero-order chi connectivity index (χ0) is 23.6. The van der Waals surface area contributed by atoms with E-state index in [9.17, 15) is 14.4 Å². The SMILES string of the molecule is COC(=O)NC(CCCCC(=O)Nc1ccccc1N)C(=O)Nc1cccc2cccnc12. The van der Waals surface area contributed by atoms with Crippen LogP contribution in [0, 0.1) is 0 Å². The molecule has 5 N–H and O–H groups in total. The number of fused-ring (bicyclic) bond motifs is 1. The van der Waals surface area contributed by atoms with E-state index in [-0.39, 0.29) is 18.2 Å². The molecule has 0 saturated heterocycles. The second kappa shape index (κ2) is 11.5. The van der Waals surface area contributed by atoms with Crippen molar-refractivity contribution < 1.29 is 19.1 Å². The van der Waals surface area contributed by atoms with Gasteiger partial charge in [-0.15, -0.1) is 0 Å². The van der Waals surface area contributed by atoms with E-state index >= 15 is 0 Å². The second-order valence-electron chi connectivity index (χ2n) is 7.44. The molecule has 2 aromatic carbocycles. The van der Waals surface area contributed by atoms with Gasteiger partial charge in [0.1, 0.15) is 6.04 Å². The molecule has 3 amide bonds. The predicted octanol–water partition coefficient (Wildman–Crippen LogP) is 3.68. The van der Waals surface area contributed by atoms with E-state index in [1.165, 1.54) is 7.11 Å². The van der Waals surface area contributed by atoms with Gasteiger partial charge in [-0.3, -0.25) is 14.6 Å². The van der Waals surface area contributed by atoms with Gasteiger partial charge in [0.05, 0.1) is 29.7 Å². The number of nitrogens with two attached hydrogens (primary N) is 1. The summed E-state index contributed by atoms with van der Waals surface area (Å²) in [7, 11) is 1.23. The first kappa shape index (κ1) is 23.5. The van der Waals surface area contributed by atoms with Crippen molar-refractivity contribution in [2.75, 3.05) is 23.5 Å². The number of pyridine rings is 1. The molecule has 1 aromatic heterocycles. The molecule has 9 nitrogen and oxygen atoms in total. The van der Waals surface area contributed by atoms with Crippen molar-refractivity contribution in [3.05, 3.63) is 60.8 Å². The zero-order valence-corrected chi connectivity index (χ0v) is 18.3. The number of methoxy groups -OCH3 is 1. The summed E-state index contributed by atoms with van der Waals surface area (Å²) in [5, 5.41) is 9.06. The monoisotopic (exact) mass is 449 g/mol. The lowest BCUT2D eigenvalue weighted by Gasteiger charge is -2.18. The summed E-state index contributed by atoms with van der Waals surface area (Å²) < 4.78 is 4.66. The normalized spacial score (nSPS) is 11.4. The van der Waals surface area contributed by atoms with Crippen LogP contribution in [0.4, 0.5) is 21.9 Å². The van der Waals surface area contributed by atoms with Gasteiger partial charge in [-0.25, -0.2) is 4.79 Å².